The summed E-state index contributed by atoms with van der Waals surface area (Å²) in [6, 6.07) is 0.493. The highest BCUT2D eigenvalue weighted by Gasteiger charge is 2.44. The first-order valence-corrected chi connectivity index (χ1v) is 7.51. The zero-order chi connectivity index (χ0) is 15.0. The van der Waals surface area contributed by atoms with E-state index in [0.717, 1.165) is 39.0 Å². The summed E-state index contributed by atoms with van der Waals surface area (Å²) >= 11 is 0. The SMILES string of the molecule is Cc1nocc1C(=O)N1CCC2(CC1)C[C@@H](N(C)C)CO2. The fourth-order valence-corrected chi connectivity index (χ4v) is 3.29. The molecule has 2 saturated heterocycles. The van der Waals surface area contributed by atoms with Gasteiger partial charge in [-0.25, -0.2) is 0 Å². The molecular weight excluding hydrogens is 270 g/mol. The van der Waals surface area contributed by atoms with Crippen LogP contribution in [0.3, 0.4) is 0 Å². The van der Waals surface area contributed by atoms with E-state index in [1.54, 1.807) is 6.92 Å². The van der Waals surface area contributed by atoms with Gasteiger partial charge >= 0.3 is 0 Å². The molecule has 0 bridgehead atoms. The molecule has 0 saturated carbocycles. The van der Waals surface area contributed by atoms with Crippen molar-refractivity contribution in [2.24, 2.45) is 0 Å². The van der Waals surface area contributed by atoms with Crippen LogP contribution in [0.1, 0.15) is 35.3 Å². The smallest absolute Gasteiger partial charge is 0.259 e. The van der Waals surface area contributed by atoms with E-state index in [1.807, 2.05) is 4.90 Å². The molecule has 6 nitrogen and oxygen atoms in total. The predicted molar refractivity (Wildman–Crippen MR) is 77.2 cm³/mol. The van der Waals surface area contributed by atoms with Gasteiger partial charge in [0.15, 0.2) is 0 Å². The molecule has 3 heterocycles. The van der Waals surface area contributed by atoms with Gasteiger partial charge in [-0.3, -0.25) is 4.79 Å². The van der Waals surface area contributed by atoms with E-state index < -0.39 is 0 Å². The highest BCUT2D eigenvalue weighted by Crippen LogP contribution is 2.37. The van der Waals surface area contributed by atoms with Gasteiger partial charge in [0.25, 0.3) is 5.91 Å². The van der Waals surface area contributed by atoms with Crippen LogP contribution in [0.5, 0.6) is 0 Å². The van der Waals surface area contributed by atoms with Crippen LogP contribution >= 0.6 is 0 Å². The molecule has 2 aliphatic heterocycles. The lowest BCUT2D eigenvalue weighted by Crippen LogP contribution is -2.47. The van der Waals surface area contributed by atoms with E-state index in [-0.39, 0.29) is 11.5 Å². The van der Waals surface area contributed by atoms with Crippen LogP contribution in [0.4, 0.5) is 0 Å². The number of piperidine rings is 1. The molecule has 0 radical (unpaired) electrons. The quantitative estimate of drug-likeness (QED) is 0.823. The lowest BCUT2D eigenvalue weighted by atomic mass is 9.87. The molecule has 0 unspecified atom stereocenters. The highest BCUT2D eigenvalue weighted by atomic mass is 16.5. The molecule has 1 aromatic rings. The number of aryl methyl sites for hydroxylation is 1. The maximum atomic E-state index is 12.4. The van der Waals surface area contributed by atoms with E-state index in [0.29, 0.717) is 17.3 Å². The molecule has 1 spiro atoms. The number of likely N-dealkylation sites (tertiary alicyclic amines) is 1. The number of likely N-dealkylation sites (N-methyl/N-ethyl adjacent to an activating group) is 1. The van der Waals surface area contributed by atoms with Crippen molar-refractivity contribution in [3.63, 3.8) is 0 Å². The maximum absolute atomic E-state index is 12.4. The number of ether oxygens (including phenoxy) is 1. The third-order valence-electron chi connectivity index (χ3n) is 4.86. The second-order valence-corrected chi connectivity index (χ2v) is 6.42. The Balaban J connectivity index is 1.61. The Labute approximate surface area is 125 Å². The number of hydrogen-bond donors (Lipinski definition) is 0. The minimum absolute atomic E-state index is 0.0192. The molecule has 1 atom stereocenters. The molecule has 21 heavy (non-hydrogen) atoms. The first-order chi connectivity index (χ1) is 10.0. The summed E-state index contributed by atoms with van der Waals surface area (Å²) in [5.74, 6) is 0.0192. The molecule has 0 N–H and O–H groups in total. The summed E-state index contributed by atoms with van der Waals surface area (Å²) < 4.78 is 11.0. The summed E-state index contributed by atoms with van der Waals surface area (Å²) in [7, 11) is 4.20. The van der Waals surface area contributed by atoms with Crippen molar-refractivity contribution in [1.29, 1.82) is 0 Å². The standard InChI is InChI=1S/C15H23N3O3/c1-11-13(10-21-16-11)14(19)18-6-4-15(5-7-18)8-12(9-20-15)17(2)3/h10,12H,4-9H2,1-3H3/t12-/m1/s1. The van der Waals surface area contributed by atoms with Gasteiger partial charge in [0.2, 0.25) is 0 Å². The molecule has 1 aromatic heterocycles. The van der Waals surface area contributed by atoms with E-state index >= 15 is 0 Å². The molecule has 2 fully saturated rings. The third-order valence-corrected chi connectivity index (χ3v) is 4.86. The van der Waals surface area contributed by atoms with Crippen molar-refractivity contribution in [2.45, 2.75) is 37.8 Å². The zero-order valence-electron chi connectivity index (χ0n) is 13.0. The second kappa shape index (κ2) is 5.42. The molecule has 0 aromatic carbocycles. The average molecular weight is 293 g/mol. The summed E-state index contributed by atoms with van der Waals surface area (Å²) in [4.78, 5) is 16.5. The third kappa shape index (κ3) is 2.70. The van der Waals surface area contributed by atoms with Gasteiger partial charge in [0.1, 0.15) is 11.8 Å². The number of hydrogen-bond acceptors (Lipinski definition) is 5. The van der Waals surface area contributed by atoms with Crippen LogP contribution in [-0.4, -0.2) is 66.3 Å². The number of carbonyl (C=O) groups is 1. The van der Waals surface area contributed by atoms with E-state index in [9.17, 15) is 4.79 Å². The zero-order valence-corrected chi connectivity index (χ0v) is 13.0. The van der Waals surface area contributed by atoms with E-state index in [4.69, 9.17) is 9.26 Å². The van der Waals surface area contributed by atoms with Crippen LogP contribution in [0.25, 0.3) is 0 Å². The van der Waals surface area contributed by atoms with Gasteiger partial charge in [-0.05, 0) is 40.3 Å². The Morgan fingerprint density at radius 3 is 2.67 bits per heavy atom. The number of rotatable bonds is 2. The van der Waals surface area contributed by atoms with Gasteiger partial charge in [-0.1, -0.05) is 5.16 Å². The first kappa shape index (κ1) is 14.5. The number of amides is 1. The summed E-state index contributed by atoms with van der Waals surface area (Å²) in [6.45, 7) is 4.07. The lowest BCUT2D eigenvalue weighted by Gasteiger charge is -2.38. The van der Waals surface area contributed by atoms with Gasteiger partial charge in [-0.15, -0.1) is 0 Å². The van der Waals surface area contributed by atoms with Crippen molar-refractivity contribution in [1.82, 2.24) is 15.0 Å². The summed E-state index contributed by atoms with van der Waals surface area (Å²) in [5, 5.41) is 3.78. The molecule has 3 rings (SSSR count). The molecule has 6 heteroatoms. The summed E-state index contributed by atoms with van der Waals surface area (Å²) in [5.41, 5.74) is 1.20. The summed E-state index contributed by atoms with van der Waals surface area (Å²) in [6.07, 6.45) is 4.32. The Morgan fingerprint density at radius 2 is 2.14 bits per heavy atom. The predicted octanol–water partition coefficient (Wildman–Crippen LogP) is 1.31. The Bertz CT molecular complexity index is 518. The van der Waals surface area contributed by atoms with Crippen molar-refractivity contribution in [3.05, 3.63) is 17.5 Å². The highest BCUT2D eigenvalue weighted by molar-refractivity contribution is 5.94. The van der Waals surface area contributed by atoms with Gasteiger partial charge in [0.05, 0.1) is 17.9 Å². The average Bonchev–Trinajstić information content (AvgIpc) is 3.06. The fourth-order valence-electron chi connectivity index (χ4n) is 3.29. The minimum Gasteiger partial charge on any atom is -0.373 e. The second-order valence-electron chi connectivity index (χ2n) is 6.42. The molecule has 1 amide bonds. The van der Waals surface area contributed by atoms with Crippen molar-refractivity contribution < 1.29 is 14.1 Å². The topological polar surface area (TPSA) is 58.8 Å². The largest absolute Gasteiger partial charge is 0.373 e. The van der Waals surface area contributed by atoms with Crippen molar-refractivity contribution >= 4 is 5.91 Å². The molecule has 2 aliphatic rings. The first-order valence-electron chi connectivity index (χ1n) is 7.51. The maximum Gasteiger partial charge on any atom is 0.259 e. The number of aromatic nitrogens is 1. The Hall–Kier alpha value is -1.40. The van der Waals surface area contributed by atoms with Crippen LogP contribution in [-0.2, 0) is 4.74 Å². The van der Waals surface area contributed by atoms with E-state index in [2.05, 4.69) is 24.2 Å². The Morgan fingerprint density at radius 1 is 1.43 bits per heavy atom. The lowest BCUT2D eigenvalue weighted by molar-refractivity contribution is -0.0392. The van der Waals surface area contributed by atoms with Crippen LogP contribution < -0.4 is 0 Å². The normalized spacial score (nSPS) is 25.0. The van der Waals surface area contributed by atoms with Gasteiger partial charge in [0, 0.05) is 19.1 Å². The number of nitrogens with zero attached hydrogens (tertiary/aromatic N) is 3. The van der Waals surface area contributed by atoms with Crippen LogP contribution in [0.2, 0.25) is 0 Å². The molecule has 116 valence electrons. The molecular formula is C15H23N3O3. The minimum atomic E-state index is -0.0323. The monoisotopic (exact) mass is 293 g/mol. The van der Waals surface area contributed by atoms with Crippen molar-refractivity contribution in [2.75, 3.05) is 33.8 Å². The van der Waals surface area contributed by atoms with Gasteiger partial charge in [-0.2, -0.15) is 0 Å². The van der Waals surface area contributed by atoms with Gasteiger partial charge < -0.3 is 19.1 Å². The fraction of sp³-hybridized carbons (Fsp3) is 0.733. The van der Waals surface area contributed by atoms with E-state index in [1.165, 1.54) is 6.26 Å². The Kier molecular flexibility index (Phi) is 3.75. The van der Waals surface area contributed by atoms with Crippen molar-refractivity contribution in [3.8, 4) is 0 Å². The molecule has 0 aliphatic carbocycles. The van der Waals surface area contributed by atoms with Crippen LogP contribution in [0.15, 0.2) is 10.8 Å². The number of carbonyl (C=O) groups excluding carboxylic acids is 1. The van der Waals surface area contributed by atoms with Crippen LogP contribution in [0, 0.1) is 6.92 Å².